The Bertz CT molecular complexity index is 1910. The molecule has 0 unspecified atom stereocenters. The van der Waals surface area contributed by atoms with Gasteiger partial charge in [0.15, 0.2) is 11.6 Å². The number of halogens is 1. The van der Waals surface area contributed by atoms with Crippen molar-refractivity contribution in [2.24, 2.45) is 4.99 Å². The lowest BCUT2D eigenvalue weighted by molar-refractivity contribution is -0.129. The van der Waals surface area contributed by atoms with Crippen LogP contribution < -0.4 is 19.5 Å². The Morgan fingerprint density at radius 3 is 2.20 bits per heavy atom. The number of aliphatic hydroxyl groups excluding tert-OH is 1. The molecule has 5 aromatic rings. The van der Waals surface area contributed by atoms with Crippen molar-refractivity contribution in [3.63, 3.8) is 0 Å². The first-order valence-electron chi connectivity index (χ1n) is 16.4. The largest absolute Gasteiger partial charge is 0.497 e. The Balaban J connectivity index is 1.41. The van der Waals surface area contributed by atoms with Crippen LogP contribution in [0, 0.1) is 0 Å². The zero-order valence-corrected chi connectivity index (χ0v) is 29.6. The topological polar surface area (TPSA) is 98.6 Å². The number of ether oxygens (including phenoxy) is 4. The number of hydrogen-bond donors (Lipinski definition) is 2. The van der Waals surface area contributed by atoms with E-state index in [-0.39, 0.29) is 25.5 Å². The highest BCUT2D eigenvalue weighted by atomic mass is 79.9. The van der Waals surface area contributed by atoms with Gasteiger partial charge in [0, 0.05) is 47.7 Å². The lowest BCUT2D eigenvalue weighted by Crippen LogP contribution is -2.49. The van der Waals surface area contributed by atoms with E-state index in [1.54, 1.807) is 20.3 Å². The van der Waals surface area contributed by atoms with Gasteiger partial charge in [0.2, 0.25) is 5.90 Å². The highest BCUT2D eigenvalue weighted by molar-refractivity contribution is 9.10. The fourth-order valence-corrected chi connectivity index (χ4v) is 6.27. The molecule has 0 aliphatic carbocycles. The quantitative estimate of drug-likeness (QED) is 0.114. The van der Waals surface area contributed by atoms with Crippen LogP contribution >= 0.6 is 15.9 Å². The van der Waals surface area contributed by atoms with Crippen LogP contribution in [0.4, 0.5) is 0 Å². The van der Waals surface area contributed by atoms with E-state index >= 15 is 0 Å². The van der Waals surface area contributed by atoms with Gasteiger partial charge in [-0.25, -0.2) is 4.99 Å². The number of methoxy groups -OCH3 is 2. The Hall–Kier alpha value is -5.12. The van der Waals surface area contributed by atoms with Gasteiger partial charge in [-0.2, -0.15) is 0 Å². The maximum atomic E-state index is 14.8. The standard InChI is InChI=1S/C41H39BrN2O6/c1-47-36-22-17-33(37(25-36)48-2)27-43-40(46)41(26-28-9-18-34(42)19-10-28)38(31-13-11-30(12-14-31)29-7-4-3-5-8-29)50-39(44-41)32-15-20-35(21-16-32)49-24-6-23-45/h3-5,7-22,25,38,45H,6,23-24,26-27H2,1-2H3,(H,43,46)/t38-,41-/m1/s1. The number of carbonyl (C=O) groups excluding carboxylic acids is 1. The predicted octanol–water partition coefficient (Wildman–Crippen LogP) is 7.71. The minimum atomic E-state index is -1.37. The summed E-state index contributed by atoms with van der Waals surface area (Å²) in [6.45, 7) is 0.673. The van der Waals surface area contributed by atoms with Crippen molar-refractivity contribution in [1.29, 1.82) is 0 Å². The van der Waals surface area contributed by atoms with Crippen LogP contribution in [0.5, 0.6) is 17.2 Å². The molecule has 2 N–H and O–H groups in total. The summed E-state index contributed by atoms with van der Waals surface area (Å²) in [5.41, 5.74) is 4.04. The number of nitrogens with zero attached hydrogens (tertiary/aromatic N) is 1. The summed E-state index contributed by atoms with van der Waals surface area (Å²) in [6.07, 6.45) is 0.0746. The van der Waals surface area contributed by atoms with E-state index in [4.69, 9.17) is 29.0 Å². The summed E-state index contributed by atoms with van der Waals surface area (Å²) in [5, 5.41) is 12.3. The molecule has 0 aromatic heterocycles. The first-order chi connectivity index (χ1) is 24.4. The summed E-state index contributed by atoms with van der Waals surface area (Å²) in [4.78, 5) is 19.9. The second-order valence-electron chi connectivity index (χ2n) is 11.9. The fourth-order valence-electron chi connectivity index (χ4n) is 6.00. The third-order valence-corrected chi connectivity index (χ3v) is 9.20. The summed E-state index contributed by atoms with van der Waals surface area (Å²) in [5.74, 6) is 2.01. The van der Waals surface area contributed by atoms with E-state index in [2.05, 4.69) is 45.5 Å². The Morgan fingerprint density at radius 2 is 1.52 bits per heavy atom. The average molecular weight is 736 g/mol. The number of benzene rings is 5. The number of hydrogen-bond acceptors (Lipinski definition) is 7. The van der Waals surface area contributed by atoms with E-state index < -0.39 is 11.6 Å². The first-order valence-corrected chi connectivity index (χ1v) is 17.2. The fraction of sp³-hybridized carbons (Fsp3) is 0.220. The number of aliphatic hydroxyl groups is 1. The van der Waals surface area contributed by atoms with E-state index in [9.17, 15) is 4.79 Å². The van der Waals surface area contributed by atoms with Gasteiger partial charge in [0.05, 0.1) is 20.8 Å². The van der Waals surface area contributed by atoms with Gasteiger partial charge in [-0.3, -0.25) is 4.79 Å². The molecule has 8 nitrogen and oxygen atoms in total. The molecule has 6 rings (SSSR count). The van der Waals surface area contributed by atoms with Gasteiger partial charge in [-0.1, -0.05) is 82.7 Å². The van der Waals surface area contributed by atoms with E-state index in [0.29, 0.717) is 41.7 Å². The third-order valence-electron chi connectivity index (χ3n) is 8.67. The van der Waals surface area contributed by atoms with Crippen molar-refractivity contribution in [1.82, 2.24) is 5.32 Å². The van der Waals surface area contributed by atoms with Gasteiger partial charge in [-0.15, -0.1) is 0 Å². The van der Waals surface area contributed by atoms with Crippen molar-refractivity contribution in [2.45, 2.75) is 31.0 Å². The minimum Gasteiger partial charge on any atom is -0.497 e. The first kappa shape index (κ1) is 34.7. The number of rotatable bonds is 14. The molecule has 0 spiro atoms. The van der Waals surface area contributed by atoms with E-state index in [1.165, 1.54) is 0 Å². The number of carbonyl (C=O) groups is 1. The Morgan fingerprint density at radius 1 is 0.840 bits per heavy atom. The molecule has 0 fully saturated rings. The van der Waals surface area contributed by atoms with E-state index in [1.807, 2.05) is 91.0 Å². The summed E-state index contributed by atoms with van der Waals surface area (Å²) in [6, 6.07) is 39.1. The van der Waals surface area contributed by atoms with Crippen molar-refractivity contribution in [3.8, 4) is 28.4 Å². The predicted molar refractivity (Wildman–Crippen MR) is 198 cm³/mol. The number of aliphatic imine (C=N–C) groups is 1. The highest BCUT2D eigenvalue weighted by Gasteiger charge is 2.53. The van der Waals surface area contributed by atoms with Crippen LogP contribution in [-0.2, 0) is 22.5 Å². The molecule has 0 radical (unpaired) electrons. The van der Waals surface area contributed by atoms with Gasteiger partial charge in [-0.05, 0) is 70.8 Å². The molecular weight excluding hydrogens is 696 g/mol. The third kappa shape index (κ3) is 7.85. The van der Waals surface area contributed by atoms with Crippen molar-refractivity contribution in [3.05, 3.63) is 148 Å². The molecule has 9 heteroatoms. The molecule has 50 heavy (non-hydrogen) atoms. The van der Waals surface area contributed by atoms with Gasteiger partial charge in [0.1, 0.15) is 17.2 Å². The van der Waals surface area contributed by atoms with Gasteiger partial charge in [0.25, 0.3) is 5.91 Å². The summed E-state index contributed by atoms with van der Waals surface area (Å²) >= 11 is 3.54. The van der Waals surface area contributed by atoms with Crippen molar-refractivity contribution >= 4 is 27.7 Å². The summed E-state index contributed by atoms with van der Waals surface area (Å²) in [7, 11) is 3.19. The maximum Gasteiger partial charge on any atom is 0.252 e. The Kier molecular flexibility index (Phi) is 11.2. The Labute approximate surface area is 300 Å². The molecule has 1 heterocycles. The molecular formula is C41H39BrN2O6. The number of amides is 1. The molecule has 1 aliphatic rings. The van der Waals surface area contributed by atoms with Crippen LogP contribution in [-0.4, -0.2) is 49.9 Å². The lowest BCUT2D eigenvalue weighted by atomic mass is 9.81. The van der Waals surface area contributed by atoms with Crippen LogP contribution in [0.2, 0.25) is 0 Å². The molecule has 5 aromatic carbocycles. The molecule has 256 valence electrons. The van der Waals surface area contributed by atoms with E-state index in [0.717, 1.165) is 32.3 Å². The lowest BCUT2D eigenvalue weighted by Gasteiger charge is -2.31. The normalized spacial score (nSPS) is 16.6. The molecule has 2 atom stereocenters. The minimum absolute atomic E-state index is 0.0597. The zero-order chi connectivity index (χ0) is 34.9. The molecule has 0 saturated carbocycles. The second kappa shape index (κ2) is 16.1. The average Bonchev–Trinajstić information content (AvgIpc) is 3.55. The second-order valence-corrected chi connectivity index (χ2v) is 12.9. The van der Waals surface area contributed by atoms with Gasteiger partial charge < -0.3 is 29.4 Å². The van der Waals surface area contributed by atoms with Crippen LogP contribution in [0.15, 0.2) is 131 Å². The van der Waals surface area contributed by atoms with Crippen LogP contribution in [0.1, 0.15) is 34.8 Å². The SMILES string of the molecule is COc1ccc(CNC(=O)[C@]2(Cc3ccc(Br)cc3)N=C(c3ccc(OCCCO)cc3)O[C@@H]2c2ccc(-c3ccccc3)cc2)c(OC)c1. The highest BCUT2D eigenvalue weighted by Crippen LogP contribution is 2.43. The van der Waals surface area contributed by atoms with Gasteiger partial charge >= 0.3 is 0 Å². The summed E-state index contributed by atoms with van der Waals surface area (Å²) < 4.78 is 24.4. The zero-order valence-electron chi connectivity index (χ0n) is 28.0. The van der Waals surface area contributed by atoms with Crippen molar-refractivity contribution in [2.75, 3.05) is 27.4 Å². The maximum absolute atomic E-state index is 14.8. The van der Waals surface area contributed by atoms with Crippen LogP contribution in [0.3, 0.4) is 0 Å². The molecule has 1 amide bonds. The van der Waals surface area contributed by atoms with Crippen molar-refractivity contribution < 1.29 is 28.8 Å². The smallest absolute Gasteiger partial charge is 0.252 e. The molecule has 0 saturated heterocycles. The molecule has 0 bridgehead atoms. The van der Waals surface area contributed by atoms with Crippen LogP contribution in [0.25, 0.3) is 11.1 Å². The number of nitrogens with one attached hydrogen (secondary N) is 1. The molecule has 1 aliphatic heterocycles. The monoisotopic (exact) mass is 734 g/mol.